The summed E-state index contributed by atoms with van der Waals surface area (Å²) in [6, 6.07) is 8.32. The number of likely N-dealkylation sites (tertiary alicyclic amines) is 1. The zero-order valence-corrected chi connectivity index (χ0v) is 15.0. The molecule has 0 amide bonds. The average molecular weight is 361 g/mol. The van der Waals surface area contributed by atoms with Crippen LogP contribution >= 0.6 is 0 Å². The Bertz CT molecular complexity index is 1060. The third-order valence-electron chi connectivity index (χ3n) is 5.71. The van der Waals surface area contributed by atoms with Crippen molar-refractivity contribution in [2.24, 2.45) is 16.8 Å². The SMILES string of the molecule is CN1CCCC(C2=Nc3[nH]ncc3C(c3cccc4nonc34)C2C#N)C1. The van der Waals surface area contributed by atoms with E-state index < -0.39 is 0 Å². The van der Waals surface area contributed by atoms with Gasteiger partial charge in [-0.25, -0.2) is 9.62 Å². The smallest absolute Gasteiger partial charge is 0.151 e. The highest BCUT2D eigenvalue weighted by molar-refractivity contribution is 5.97. The Hall–Kier alpha value is -3.05. The van der Waals surface area contributed by atoms with E-state index in [1.165, 1.54) is 0 Å². The zero-order chi connectivity index (χ0) is 18.4. The molecule has 8 heteroatoms. The molecule has 1 aromatic carbocycles. The van der Waals surface area contributed by atoms with Gasteiger partial charge in [0, 0.05) is 29.7 Å². The van der Waals surface area contributed by atoms with Gasteiger partial charge in [0.05, 0.1) is 18.2 Å². The van der Waals surface area contributed by atoms with E-state index in [1.54, 1.807) is 6.20 Å². The van der Waals surface area contributed by atoms with Crippen LogP contribution in [0.4, 0.5) is 5.82 Å². The second kappa shape index (κ2) is 6.28. The molecule has 1 fully saturated rings. The summed E-state index contributed by atoms with van der Waals surface area (Å²) in [4.78, 5) is 7.16. The minimum absolute atomic E-state index is 0.195. The first kappa shape index (κ1) is 16.1. The number of fused-ring (bicyclic) bond motifs is 2. The maximum atomic E-state index is 10.1. The number of aliphatic imine (C=N–C) groups is 1. The number of H-pyrrole nitrogens is 1. The first-order valence-corrected chi connectivity index (χ1v) is 9.17. The maximum absolute atomic E-state index is 10.1. The molecule has 0 saturated carbocycles. The molecule has 0 bridgehead atoms. The van der Waals surface area contributed by atoms with Gasteiger partial charge in [0.25, 0.3) is 0 Å². The van der Waals surface area contributed by atoms with Crippen LogP contribution in [-0.2, 0) is 0 Å². The van der Waals surface area contributed by atoms with Crippen molar-refractivity contribution in [2.45, 2.75) is 18.8 Å². The molecule has 4 heterocycles. The van der Waals surface area contributed by atoms with E-state index in [0.29, 0.717) is 11.0 Å². The van der Waals surface area contributed by atoms with Gasteiger partial charge in [0.2, 0.25) is 0 Å². The Morgan fingerprint density at radius 3 is 3.07 bits per heavy atom. The van der Waals surface area contributed by atoms with Crippen molar-refractivity contribution in [2.75, 3.05) is 20.1 Å². The number of nitrogens with one attached hydrogen (secondary N) is 1. The highest BCUT2D eigenvalue weighted by atomic mass is 16.6. The number of hydrogen-bond donors (Lipinski definition) is 1. The number of aromatic amines is 1. The molecule has 1 saturated heterocycles. The van der Waals surface area contributed by atoms with Crippen LogP contribution in [0.25, 0.3) is 11.0 Å². The summed E-state index contributed by atoms with van der Waals surface area (Å²) in [5.41, 5.74) is 4.18. The molecule has 0 aliphatic carbocycles. The molecule has 2 aliphatic heterocycles. The minimum atomic E-state index is -0.367. The summed E-state index contributed by atoms with van der Waals surface area (Å²) < 4.78 is 4.95. The number of piperidine rings is 1. The van der Waals surface area contributed by atoms with Gasteiger partial charge in [-0.2, -0.15) is 10.4 Å². The van der Waals surface area contributed by atoms with E-state index in [9.17, 15) is 5.26 Å². The quantitative estimate of drug-likeness (QED) is 0.752. The molecular weight excluding hydrogens is 342 g/mol. The first-order valence-electron chi connectivity index (χ1n) is 9.17. The van der Waals surface area contributed by atoms with E-state index in [-0.39, 0.29) is 17.8 Å². The first-order chi connectivity index (χ1) is 13.3. The lowest BCUT2D eigenvalue weighted by Crippen LogP contribution is -2.40. The minimum Gasteiger partial charge on any atom is -0.306 e. The summed E-state index contributed by atoms with van der Waals surface area (Å²) in [6.07, 6.45) is 3.93. The Labute approximate surface area is 155 Å². The van der Waals surface area contributed by atoms with Gasteiger partial charge in [0.15, 0.2) is 5.82 Å². The summed E-state index contributed by atoms with van der Waals surface area (Å²) in [7, 11) is 2.12. The molecule has 3 atom stereocenters. The molecule has 0 radical (unpaired) electrons. The Balaban J connectivity index is 1.66. The third-order valence-corrected chi connectivity index (χ3v) is 5.71. The second-order valence-corrected chi connectivity index (χ2v) is 7.38. The molecule has 8 nitrogen and oxygen atoms in total. The highest BCUT2D eigenvalue weighted by Gasteiger charge is 2.40. The molecule has 3 unspecified atom stereocenters. The van der Waals surface area contributed by atoms with E-state index in [0.717, 1.165) is 48.6 Å². The fourth-order valence-electron chi connectivity index (χ4n) is 4.47. The fraction of sp³-hybridized carbons (Fsp3) is 0.421. The molecule has 3 aromatic rings. The number of nitriles is 1. The molecule has 27 heavy (non-hydrogen) atoms. The van der Waals surface area contributed by atoms with Crippen LogP contribution in [0.5, 0.6) is 0 Å². The lowest BCUT2D eigenvalue weighted by atomic mass is 9.73. The molecule has 1 N–H and O–H groups in total. The van der Waals surface area contributed by atoms with Crippen molar-refractivity contribution < 1.29 is 4.63 Å². The largest absolute Gasteiger partial charge is 0.306 e. The van der Waals surface area contributed by atoms with E-state index in [4.69, 9.17) is 9.62 Å². The van der Waals surface area contributed by atoms with Crippen LogP contribution in [0.3, 0.4) is 0 Å². The van der Waals surface area contributed by atoms with Crippen molar-refractivity contribution in [1.82, 2.24) is 25.4 Å². The molecular formula is C19H19N7O. The number of rotatable bonds is 2. The van der Waals surface area contributed by atoms with Crippen molar-refractivity contribution in [3.05, 3.63) is 35.5 Å². The van der Waals surface area contributed by atoms with Crippen LogP contribution in [0.1, 0.15) is 29.9 Å². The lowest BCUT2D eigenvalue weighted by molar-refractivity contribution is 0.243. The Kier molecular flexibility index (Phi) is 3.76. The fourth-order valence-corrected chi connectivity index (χ4v) is 4.47. The van der Waals surface area contributed by atoms with Gasteiger partial charge in [-0.1, -0.05) is 12.1 Å². The second-order valence-electron chi connectivity index (χ2n) is 7.38. The van der Waals surface area contributed by atoms with Crippen molar-refractivity contribution >= 4 is 22.6 Å². The van der Waals surface area contributed by atoms with Crippen LogP contribution in [0.15, 0.2) is 34.0 Å². The summed E-state index contributed by atoms with van der Waals surface area (Å²) in [5.74, 6) is 0.443. The average Bonchev–Trinajstić information content (AvgIpc) is 3.35. The third kappa shape index (κ3) is 2.54. The van der Waals surface area contributed by atoms with Crippen molar-refractivity contribution in [3.63, 3.8) is 0 Å². The molecule has 2 aromatic heterocycles. The van der Waals surface area contributed by atoms with Crippen LogP contribution in [0, 0.1) is 23.2 Å². The standard InChI is InChI=1S/C19H19N7O/c1-26-7-3-4-11(10-26)17-13(8-20)16(14-9-21-23-19(14)22-17)12-5-2-6-15-18(12)25-27-24-15/h2,5-6,9,11,13,16H,3-4,7,10H2,1H3,(H,21,23). The van der Waals surface area contributed by atoms with Crippen molar-refractivity contribution in [1.29, 1.82) is 5.26 Å². The van der Waals surface area contributed by atoms with Gasteiger partial charge in [-0.3, -0.25) is 5.10 Å². The number of hydrogen-bond acceptors (Lipinski definition) is 7. The molecule has 2 aliphatic rings. The topological polar surface area (TPSA) is 107 Å². The number of aromatic nitrogens is 4. The maximum Gasteiger partial charge on any atom is 0.151 e. The van der Waals surface area contributed by atoms with Crippen LogP contribution < -0.4 is 0 Å². The van der Waals surface area contributed by atoms with Crippen molar-refractivity contribution in [3.8, 4) is 6.07 Å². The number of benzene rings is 1. The van der Waals surface area contributed by atoms with Gasteiger partial charge >= 0.3 is 0 Å². The van der Waals surface area contributed by atoms with Crippen LogP contribution in [0.2, 0.25) is 0 Å². The predicted octanol–water partition coefficient (Wildman–Crippen LogP) is 2.65. The van der Waals surface area contributed by atoms with E-state index in [2.05, 4.69) is 38.5 Å². The van der Waals surface area contributed by atoms with Gasteiger partial charge in [-0.05, 0) is 48.4 Å². The van der Waals surface area contributed by atoms with Crippen LogP contribution in [-0.4, -0.2) is 51.3 Å². The molecule has 136 valence electrons. The van der Waals surface area contributed by atoms with Gasteiger partial charge in [-0.15, -0.1) is 0 Å². The predicted molar refractivity (Wildman–Crippen MR) is 98.7 cm³/mol. The molecule has 5 rings (SSSR count). The Morgan fingerprint density at radius 1 is 1.30 bits per heavy atom. The molecule has 0 spiro atoms. The Morgan fingerprint density at radius 2 is 2.22 bits per heavy atom. The zero-order valence-electron chi connectivity index (χ0n) is 15.0. The summed E-state index contributed by atoms with van der Waals surface area (Å²) in [6.45, 7) is 2.01. The van der Waals surface area contributed by atoms with Gasteiger partial charge in [0.1, 0.15) is 11.0 Å². The van der Waals surface area contributed by atoms with E-state index >= 15 is 0 Å². The highest BCUT2D eigenvalue weighted by Crippen LogP contribution is 2.44. The number of nitrogens with zero attached hydrogens (tertiary/aromatic N) is 6. The normalized spacial score (nSPS) is 25.8. The van der Waals surface area contributed by atoms with E-state index in [1.807, 2.05) is 18.2 Å². The summed E-state index contributed by atoms with van der Waals surface area (Å²) in [5, 5.41) is 25.4. The van der Waals surface area contributed by atoms with Gasteiger partial charge < -0.3 is 4.90 Å². The summed E-state index contributed by atoms with van der Waals surface area (Å²) >= 11 is 0. The lowest BCUT2D eigenvalue weighted by Gasteiger charge is -2.35. The monoisotopic (exact) mass is 361 g/mol.